The molecule has 4 aliphatic rings. The van der Waals surface area contributed by atoms with Crippen molar-refractivity contribution < 1.29 is 9.53 Å². The molecule has 0 saturated heterocycles. The normalized spacial score (nSPS) is 42.8. The third kappa shape index (κ3) is 5.17. The maximum atomic E-state index is 11.7. The van der Waals surface area contributed by atoms with E-state index in [1.54, 1.807) is 0 Å². The van der Waals surface area contributed by atoms with Crippen molar-refractivity contribution in [1.82, 2.24) is 0 Å². The molecule has 4 saturated carbocycles. The predicted octanol–water partition coefficient (Wildman–Crippen LogP) is 9.76. The molecule has 4 aliphatic carbocycles. The van der Waals surface area contributed by atoms with Crippen molar-refractivity contribution in [3.05, 3.63) is 0 Å². The molecular formula is C33H62O2Si. The van der Waals surface area contributed by atoms with E-state index in [0.29, 0.717) is 27.9 Å². The highest BCUT2D eigenvalue weighted by atomic mass is 28.4. The van der Waals surface area contributed by atoms with Crippen LogP contribution in [0, 0.1) is 40.4 Å². The van der Waals surface area contributed by atoms with E-state index in [-0.39, 0.29) is 0 Å². The Bertz CT molecular complexity index is 753. The summed E-state index contributed by atoms with van der Waals surface area (Å²) in [6.45, 7) is 21.8. The zero-order chi connectivity index (χ0) is 26.6. The summed E-state index contributed by atoms with van der Waals surface area (Å²) in [4.78, 5) is 0. The van der Waals surface area contributed by atoms with Gasteiger partial charge in [0, 0.05) is 6.10 Å². The summed E-state index contributed by atoms with van der Waals surface area (Å²) in [6.07, 6.45) is 18.7. The lowest BCUT2D eigenvalue weighted by Crippen LogP contribution is -2.56. The molecule has 0 heterocycles. The second kappa shape index (κ2) is 10.3. The van der Waals surface area contributed by atoms with Crippen molar-refractivity contribution in [3.8, 4) is 0 Å². The molecule has 9 atom stereocenters. The second-order valence-electron chi connectivity index (χ2n) is 16.3. The van der Waals surface area contributed by atoms with E-state index in [9.17, 15) is 5.11 Å². The first-order valence-electron chi connectivity index (χ1n) is 16.1. The van der Waals surface area contributed by atoms with Gasteiger partial charge in [-0.1, -0.05) is 67.2 Å². The summed E-state index contributed by atoms with van der Waals surface area (Å²) in [5.41, 5.74) is 0.379. The molecule has 1 N–H and O–H groups in total. The van der Waals surface area contributed by atoms with Gasteiger partial charge in [0.2, 0.25) is 0 Å². The van der Waals surface area contributed by atoms with Gasteiger partial charge in [-0.05, 0) is 130 Å². The van der Waals surface area contributed by atoms with Gasteiger partial charge < -0.3 is 9.53 Å². The first kappa shape index (κ1) is 29.1. The molecule has 3 heteroatoms. The number of hydrogen-bond donors (Lipinski definition) is 1. The summed E-state index contributed by atoms with van der Waals surface area (Å²) in [5, 5.41) is 12.0. The van der Waals surface area contributed by atoms with Crippen LogP contribution in [-0.2, 0) is 4.43 Å². The molecule has 0 aromatic carbocycles. The zero-order valence-corrected chi connectivity index (χ0v) is 26.7. The van der Waals surface area contributed by atoms with E-state index in [1.165, 1.54) is 83.5 Å². The third-order valence-corrected chi connectivity index (χ3v) is 17.7. The third-order valence-electron chi connectivity index (χ3n) is 13.2. The number of aliphatic hydroxyl groups is 1. The first-order chi connectivity index (χ1) is 16.7. The molecule has 0 unspecified atom stereocenters. The van der Waals surface area contributed by atoms with Crippen molar-refractivity contribution in [2.24, 2.45) is 40.4 Å². The van der Waals surface area contributed by atoms with Crippen molar-refractivity contribution in [2.45, 2.75) is 168 Å². The second-order valence-corrected chi connectivity index (χ2v) is 21.0. The Morgan fingerprint density at radius 2 is 1.50 bits per heavy atom. The summed E-state index contributed by atoms with van der Waals surface area (Å²) in [5.74, 6) is 3.98. The van der Waals surface area contributed by atoms with Gasteiger partial charge in [-0.25, -0.2) is 0 Å². The smallest absolute Gasteiger partial charge is 0.192 e. The fraction of sp³-hybridized carbons (Fsp3) is 1.00. The fourth-order valence-corrected chi connectivity index (χ4v) is 11.4. The number of hydrogen-bond acceptors (Lipinski definition) is 2. The van der Waals surface area contributed by atoms with Crippen molar-refractivity contribution >= 4 is 8.32 Å². The van der Waals surface area contributed by atoms with Crippen LogP contribution in [0.4, 0.5) is 0 Å². The Hall–Kier alpha value is 0.137. The van der Waals surface area contributed by atoms with Crippen molar-refractivity contribution in [1.29, 1.82) is 0 Å². The molecule has 0 aromatic rings. The highest BCUT2D eigenvalue weighted by Gasteiger charge is 2.62. The van der Waals surface area contributed by atoms with E-state index in [1.807, 2.05) is 0 Å². The van der Waals surface area contributed by atoms with Crippen LogP contribution in [0.2, 0.25) is 18.1 Å². The zero-order valence-electron chi connectivity index (χ0n) is 25.7. The fourth-order valence-electron chi connectivity index (χ4n) is 10.0. The Kier molecular flexibility index (Phi) is 8.31. The maximum Gasteiger partial charge on any atom is 0.192 e. The molecule has 4 rings (SSSR count). The summed E-state index contributed by atoms with van der Waals surface area (Å²) >= 11 is 0. The lowest BCUT2D eigenvalue weighted by molar-refractivity contribution is -0.143. The lowest BCUT2D eigenvalue weighted by Gasteiger charge is -2.62. The largest absolute Gasteiger partial charge is 0.414 e. The van der Waals surface area contributed by atoms with Crippen LogP contribution in [-0.4, -0.2) is 25.1 Å². The number of rotatable bonds is 8. The van der Waals surface area contributed by atoms with Gasteiger partial charge in [-0.2, -0.15) is 0 Å². The quantitative estimate of drug-likeness (QED) is 0.256. The Labute approximate surface area is 226 Å². The van der Waals surface area contributed by atoms with Crippen LogP contribution in [0.1, 0.15) is 138 Å². The molecule has 0 amide bonds. The van der Waals surface area contributed by atoms with Crippen molar-refractivity contribution in [3.63, 3.8) is 0 Å². The molecule has 210 valence electrons. The Morgan fingerprint density at radius 3 is 2.17 bits per heavy atom. The van der Waals surface area contributed by atoms with E-state index in [4.69, 9.17) is 4.43 Å². The van der Waals surface area contributed by atoms with Gasteiger partial charge in [-0.15, -0.1) is 0 Å². The van der Waals surface area contributed by atoms with Gasteiger partial charge in [-0.3, -0.25) is 0 Å². The minimum atomic E-state index is -1.70. The van der Waals surface area contributed by atoms with Crippen LogP contribution in [0.3, 0.4) is 0 Å². The monoisotopic (exact) mass is 518 g/mol. The highest BCUT2D eigenvalue weighted by molar-refractivity contribution is 6.74. The molecular weight excluding hydrogens is 456 g/mol. The Balaban J connectivity index is 1.43. The van der Waals surface area contributed by atoms with E-state index in [2.05, 4.69) is 61.6 Å². The van der Waals surface area contributed by atoms with Gasteiger partial charge in [0.1, 0.15) is 0 Å². The first-order valence-corrected chi connectivity index (χ1v) is 19.0. The Morgan fingerprint density at radius 1 is 0.833 bits per heavy atom. The standard InChI is InChI=1S/C33H62O2Si/c1-10-11-12-13-20-33(7,34)29-17-16-27-26-15-14-24-23-25(35-36(8,9)30(2,3)4)18-21-31(24,5)28(26)19-22-32(27,29)6/h24-29,34H,10-23H2,1-9H3/t24-,25-,26+,27-,28-,29-,31+,32-,33-/m0/s1. The van der Waals surface area contributed by atoms with E-state index in [0.717, 1.165) is 30.1 Å². The number of unbranched alkanes of at least 4 members (excludes halogenated alkanes) is 3. The summed E-state index contributed by atoms with van der Waals surface area (Å²) in [7, 11) is -1.70. The minimum absolute atomic E-state index is 0.301. The average Bonchev–Trinajstić information content (AvgIpc) is 3.14. The molecule has 0 aromatic heterocycles. The minimum Gasteiger partial charge on any atom is -0.414 e. The van der Waals surface area contributed by atoms with Crippen LogP contribution in [0.15, 0.2) is 0 Å². The topological polar surface area (TPSA) is 29.5 Å². The number of fused-ring (bicyclic) bond motifs is 5. The van der Waals surface area contributed by atoms with Crippen molar-refractivity contribution in [2.75, 3.05) is 0 Å². The van der Waals surface area contributed by atoms with Crippen LogP contribution in [0.25, 0.3) is 0 Å². The van der Waals surface area contributed by atoms with Crippen LogP contribution >= 0.6 is 0 Å². The molecule has 36 heavy (non-hydrogen) atoms. The van der Waals surface area contributed by atoms with Gasteiger partial charge >= 0.3 is 0 Å². The molecule has 0 spiro atoms. The molecule has 4 fully saturated rings. The lowest BCUT2D eigenvalue weighted by atomic mass is 9.44. The molecule has 0 radical (unpaired) electrons. The van der Waals surface area contributed by atoms with Gasteiger partial charge in [0.05, 0.1) is 5.60 Å². The predicted molar refractivity (Wildman–Crippen MR) is 157 cm³/mol. The molecule has 2 nitrogen and oxygen atoms in total. The average molecular weight is 519 g/mol. The van der Waals surface area contributed by atoms with E-state index >= 15 is 0 Å². The van der Waals surface area contributed by atoms with Gasteiger partial charge in [0.15, 0.2) is 8.32 Å². The summed E-state index contributed by atoms with van der Waals surface area (Å²) in [6, 6.07) is 0. The molecule has 0 bridgehead atoms. The van der Waals surface area contributed by atoms with Crippen LogP contribution < -0.4 is 0 Å². The van der Waals surface area contributed by atoms with Gasteiger partial charge in [0.25, 0.3) is 0 Å². The van der Waals surface area contributed by atoms with Crippen LogP contribution in [0.5, 0.6) is 0 Å². The maximum absolute atomic E-state index is 11.7. The molecule has 0 aliphatic heterocycles. The highest BCUT2D eigenvalue weighted by Crippen LogP contribution is 2.69. The summed E-state index contributed by atoms with van der Waals surface area (Å²) < 4.78 is 6.97. The SMILES string of the molecule is CCCCCC[C@](C)(O)[C@H]1CC[C@H]2[C@H]3CC[C@H]4C[C@@H](O[Si](C)(C)C(C)(C)C)CC[C@@]4(C)[C@H]3CC[C@@]21C. The van der Waals surface area contributed by atoms with E-state index < -0.39 is 13.9 Å².